The predicted octanol–water partition coefficient (Wildman–Crippen LogP) is 3.60. The Balaban J connectivity index is 1.45. The van der Waals surface area contributed by atoms with Crippen LogP contribution in [0.4, 0.5) is 13.6 Å². The van der Waals surface area contributed by atoms with Gasteiger partial charge in [-0.2, -0.15) is 0 Å². The molecule has 0 radical (unpaired) electrons. The van der Waals surface area contributed by atoms with Crippen molar-refractivity contribution in [2.75, 3.05) is 26.2 Å². The van der Waals surface area contributed by atoms with Crippen molar-refractivity contribution < 1.29 is 26.7 Å². The van der Waals surface area contributed by atoms with Crippen LogP contribution in [0.5, 0.6) is 0 Å². The largest absolute Gasteiger partial charge is 0.376 e. The summed E-state index contributed by atoms with van der Waals surface area (Å²) in [5, 5.41) is 2.93. The van der Waals surface area contributed by atoms with Gasteiger partial charge >= 0.3 is 6.03 Å². The van der Waals surface area contributed by atoms with Crippen molar-refractivity contribution >= 4 is 16.1 Å². The third-order valence-electron chi connectivity index (χ3n) is 7.93. The number of benzene rings is 2. The highest BCUT2D eigenvalue weighted by atomic mass is 32.2. The highest BCUT2D eigenvalue weighted by Crippen LogP contribution is 2.55. The molecule has 2 atom stereocenters. The smallest absolute Gasteiger partial charge is 0.317 e. The lowest BCUT2D eigenvalue weighted by Crippen LogP contribution is -2.52. The summed E-state index contributed by atoms with van der Waals surface area (Å²) in [4.78, 5) is 14.9. The van der Waals surface area contributed by atoms with E-state index in [1.54, 1.807) is 30.2 Å². The van der Waals surface area contributed by atoms with Crippen molar-refractivity contribution in [1.82, 2.24) is 14.9 Å². The molecule has 2 aromatic rings. The number of nitrogens with zero attached hydrogens (tertiary/aromatic N) is 1. The molecule has 5 rings (SSSR count). The first kappa shape index (κ1) is 25.1. The monoisotopic (exact) mass is 519 g/mol. The minimum atomic E-state index is -4.19. The average molecular weight is 520 g/mol. The van der Waals surface area contributed by atoms with Crippen LogP contribution in [0.1, 0.15) is 31.2 Å². The zero-order valence-electron chi connectivity index (χ0n) is 20.2. The van der Waals surface area contributed by atoms with E-state index >= 15 is 4.39 Å². The van der Waals surface area contributed by atoms with E-state index in [9.17, 15) is 17.6 Å². The molecule has 1 aliphatic heterocycles. The van der Waals surface area contributed by atoms with Crippen LogP contribution in [0.3, 0.4) is 0 Å². The molecule has 0 bridgehead atoms. The van der Waals surface area contributed by atoms with Crippen LogP contribution in [0.2, 0.25) is 0 Å². The summed E-state index contributed by atoms with van der Waals surface area (Å²) in [6.07, 6.45) is 3.22. The Kier molecular flexibility index (Phi) is 6.55. The number of ether oxygens (including phenoxy) is 1. The highest BCUT2D eigenvalue weighted by molar-refractivity contribution is 7.89. The normalized spacial score (nSPS) is 23.6. The molecule has 1 saturated heterocycles. The predicted molar refractivity (Wildman–Crippen MR) is 132 cm³/mol. The van der Waals surface area contributed by atoms with Gasteiger partial charge in [-0.1, -0.05) is 48.5 Å². The fraction of sp³-hybridized carbons (Fsp3) is 0.500. The number of hydrogen-bond donors (Lipinski definition) is 2. The molecule has 2 saturated carbocycles. The van der Waals surface area contributed by atoms with Crippen molar-refractivity contribution in [1.29, 1.82) is 0 Å². The molecular formula is C26H31F2N3O4S. The second kappa shape index (κ2) is 9.39. The van der Waals surface area contributed by atoms with Crippen LogP contribution in [0, 0.1) is 11.2 Å². The number of rotatable bonds is 9. The quantitative estimate of drug-likeness (QED) is 0.530. The maximum absolute atomic E-state index is 15.7. The van der Waals surface area contributed by atoms with Gasteiger partial charge in [0.05, 0.1) is 11.6 Å². The molecule has 2 aromatic carbocycles. The number of hydrogen-bond acceptors (Lipinski definition) is 4. The number of carbonyl (C=O) groups excluding carboxylic acids is 1. The van der Waals surface area contributed by atoms with Crippen molar-refractivity contribution in [3.63, 3.8) is 0 Å². The van der Waals surface area contributed by atoms with Crippen molar-refractivity contribution in [2.45, 2.75) is 49.8 Å². The molecule has 1 spiro atoms. The van der Waals surface area contributed by atoms with E-state index in [-0.39, 0.29) is 18.1 Å². The second-order valence-corrected chi connectivity index (χ2v) is 12.0. The molecule has 194 valence electrons. The molecule has 0 aromatic heterocycles. The van der Waals surface area contributed by atoms with Crippen molar-refractivity contribution in [3.05, 3.63) is 59.9 Å². The molecule has 2 aliphatic carbocycles. The third-order valence-corrected chi connectivity index (χ3v) is 8.83. The number of sulfonamides is 1. The van der Waals surface area contributed by atoms with E-state index in [1.165, 1.54) is 0 Å². The number of halogens is 2. The average Bonchev–Trinajstić information content (AvgIpc) is 3.80. The number of methoxy groups -OCH3 is 1. The minimum absolute atomic E-state index is 0.0938. The summed E-state index contributed by atoms with van der Waals surface area (Å²) in [5.74, 6) is -0.413. The van der Waals surface area contributed by atoms with Gasteiger partial charge in [0.2, 0.25) is 16.0 Å². The van der Waals surface area contributed by atoms with E-state index in [1.807, 2.05) is 30.3 Å². The van der Waals surface area contributed by atoms with Gasteiger partial charge < -0.3 is 15.0 Å². The zero-order valence-corrected chi connectivity index (χ0v) is 21.0. The first-order chi connectivity index (χ1) is 17.2. The van der Waals surface area contributed by atoms with Gasteiger partial charge in [-0.15, -0.1) is 0 Å². The summed E-state index contributed by atoms with van der Waals surface area (Å²) in [6, 6.07) is 11.0. The van der Waals surface area contributed by atoms with Crippen molar-refractivity contribution in [3.8, 4) is 11.1 Å². The van der Waals surface area contributed by atoms with Crippen LogP contribution >= 0.6 is 0 Å². The van der Waals surface area contributed by atoms with Gasteiger partial charge in [0.25, 0.3) is 0 Å². The number of carbonyl (C=O) groups is 1. The summed E-state index contributed by atoms with van der Waals surface area (Å²) < 4.78 is 61.5. The summed E-state index contributed by atoms with van der Waals surface area (Å²) in [7, 11) is -2.58. The molecule has 10 heteroatoms. The number of urea groups is 1. The lowest BCUT2D eigenvalue weighted by atomic mass is 9.91. The van der Waals surface area contributed by atoms with Crippen LogP contribution in [0.15, 0.2) is 48.5 Å². The molecule has 3 aliphatic rings. The lowest BCUT2D eigenvalue weighted by molar-refractivity contribution is 0.0793. The summed E-state index contributed by atoms with van der Waals surface area (Å²) in [6.45, 7) is 0.667. The van der Waals surface area contributed by atoms with Gasteiger partial charge in [-0.25, -0.2) is 26.7 Å². The molecule has 2 N–H and O–H groups in total. The topological polar surface area (TPSA) is 87.7 Å². The maximum Gasteiger partial charge on any atom is 0.317 e. The SMILES string of the molecule is COC1(CNC(=O)N2CC3(CC3)[C@H](NS(=O)(=O)CF)[C@@H]2Cc2cccc(-c3ccccc3)c2F)CC1. The van der Waals surface area contributed by atoms with Gasteiger partial charge in [0.1, 0.15) is 5.82 Å². The van der Waals surface area contributed by atoms with Gasteiger partial charge in [0.15, 0.2) is 0 Å². The van der Waals surface area contributed by atoms with E-state index < -0.39 is 39.3 Å². The van der Waals surface area contributed by atoms with Gasteiger partial charge in [-0.05, 0) is 43.2 Å². The number of nitrogens with one attached hydrogen (secondary N) is 2. The second-order valence-electron chi connectivity index (χ2n) is 10.3. The maximum atomic E-state index is 15.7. The molecule has 2 amide bonds. The molecule has 3 fully saturated rings. The first-order valence-electron chi connectivity index (χ1n) is 12.2. The minimum Gasteiger partial charge on any atom is -0.376 e. The van der Waals surface area contributed by atoms with Crippen LogP contribution in [-0.4, -0.2) is 63.2 Å². The Bertz CT molecular complexity index is 1230. The Morgan fingerprint density at radius 1 is 1.11 bits per heavy atom. The van der Waals surface area contributed by atoms with E-state index in [0.29, 0.717) is 37.1 Å². The van der Waals surface area contributed by atoms with Crippen LogP contribution in [0.25, 0.3) is 11.1 Å². The molecule has 0 unspecified atom stereocenters. The summed E-state index contributed by atoms with van der Waals surface area (Å²) in [5.41, 5.74) is 0.696. The van der Waals surface area contributed by atoms with Gasteiger partial charge in [0, 0.05) is 37.2 Å². The fourth-order valence-corrected chi connectivity index (χ4v) is 6.24. The molecule has 1 heterocycles. The Hall–Kier alpha value is -2.56. The molecule has 7 nitrogen and oxygen atoms in total. The lowest BCUT2D eigenvalue weighted by Gasteiger charge is -2.30. The van der Waals surface area contributed by atoms with Crippen molar-refractivity contribution in [2.24, 2.45) is 5.41 Å². The zero-order chi connectivity index (χ0) is 25.6. The first-order valence-corrected chi connectivity index (χ1v) is 13.9. The van der Waals surface area contributed by atoms with Crippen LogP contribution in [-0.2, 0) is 21.2 Å². The van der Waals surface area contributed by atoms with E-state index in [0.717, 1.165) is 18.4 Å². The Labute approximate surface area is 210 Å². The molecule has 36 heavy (non-hydrogen) atoms. The number of amides is 2. The third kappa shape index (κ3) is 4.86. The van der Waals surface area contributed by atoms with E-state index in [4.69, 9.17) is 4.74 Å². The Morgan fingerprint density at radius 3 is 2.44 bits per heavy atom. The van der Waals surface area contributed by atoms with Crippen LogP contribution < -0.4 is 10.0 Å². The summed E-state index contributed by atoms with van der Waals surface area (Å²) >= 11 is 0. The highest BCUT2D eigenvalue weighted by Gasteiger charge is 2.61. The standard InChI is InChI=1S/C26H31F2N3O4S/c1-35-26(12-13-26)15-29-24(32)31-16-25(10-11-25)23(30-36(33,34)17-27)21(31)14-19-8-5-9-20(22(19)28)18-6-3-2-4-7-18/h2-9,21,23,30H,10-17H2,1H3,(H,29,32)/t21-,23+/m0/s1. The number of alkyl halides is 1. The number of likely N-dealkylation sites (tertiary alicyclic amines) is 1. The Morgan fingerprint density at radius 2 is 1.83 bits per heavy atom. The fourth-order valence-electron chi connectivity index (χ4n) is 5.39. The van der Waals surface area contributed by atoms with E-state index in [2.05, 4.69) is 10.0 Å². The van der Waals surface area contributed by atoms with Gasteiger partial charge in [-0.3, -0.25) is 0 Å². The molecular weight excluding hydrogens is 488 g/mol.